The van der Waals surface area contributed by atoms with Gasteiger partial charge < -0.3 is 20.0 Å². The number of rotatable bonds is 8. The molecule has 0 saturated heterocycles. The minimum absolute atomic E-state index is 0.0220. The molecule has 0 aromatic heterocycles. The molecule has 0 fully saturated rings. The first kappa shape index (κ1) is 30.5. The van der Waals surface area contributed by atoms with Crippen LogP contribution in [0.1, 0.15) is 63.9 Å². The molecule has 3 N–H and O–H groups in total. The Hall–Kier alpha value is -2.73. The van der Waals surface area contributed by atoms with Crippen LogP contribution >= 0.6 is 0 Å². The summed E-state index contributed by atoms with van der Waals surface area (Å²) in [5.41, 5.74) is -0.877. The Kier molecular flexibility index (Phi) is 9.69. The molecule has 8 heteroatoms. The summed E-state index contributed by atoms with van der Waals surface area (Å²) in [6.45, 7) is 16.6. The van der Waals surface area contributed by atoms with Crippen molar-refractivity contribution in [2.45, 2.75) is 71.7 Å². The number of nitrogens with one attached hydrogen (secondary N) is 1. The van der Waals surface area contributed by atoms with E-state index in [0.29, 0.717) is 18.6 Å². The van der Waals surface area contributed by atoms with Crippen LogP contribution in [0.5, 0.6) is 5.75 Å². The highest BCUT2D eigenvalue weighted by atomic mass is 28.4. The molecule has 0 aliphatic heterocycles. The average Bonchev–Trinajstić information content (AvgIpc) is 2.73. The van der Waals surface area contributed by atoms with Crippen molar-refractivity contribution < 1.29 is 28.2 Å². The Morgan fingerprint density at radius 3 is 2.16 bits per heavy atom. The van der Waals surface area contributed by atoms with Gasteiger partial charge >= 0.3 is 0 Å². The number of aromatic hydroxyl groups is 1. The Balaban J connectivity index is 2.42. The minimum Gasteiger partial charge on any atom is -0.506 e. The van der Waals surface area contributed by atoms with Crippen molar-refractivity contribution in [3.05, 3.63) is 53.1 Å². The van der Waals surface area contributed by atoms with Crippen molar-refractivity contribution in [3.8, 4) is 28.7 Å². The van der Waals surface area contributed by atoms with E-state index >= 15 is 0 Å². The van der Waals surface area contributed by atoms with Crippen molar-refractivity contribution in [3.63, 3.8) is 0 Å². The monoisotopic (exact) mass is 531 g/mol. The number of phenols is 1. The van der Waals surface area contributed by atoms with Crippen molar-refractivity contribution in [2.24, 2.45) is 5.92 Å². The number of phenolic OH excluding ortho intramolecular Hbond substituents is 1. The van der Waals surface area contributed by atoms with E-state index in [0.717, 1.165) is 18.2 Å². The second-order valence-corrected chi connectivity index (χ2v) is 16.4. The average molecular weight is 532 g/mol. The van der Waals surface area contributed by atoms with Gasteiger partial charge in [-0.15, -0.1) is 0 Å². The molecule has 0 radical (unpaired) electrons. The van der Waals surface area contributed by atoms with Crippen molar-refractivity contribution in [1.82, 2.24) is 5.32 Å². The lowest BCUT2D eigenvalue weighted by Crippen LogP contribution is -2.42. The number of hydrogen-bond acceptors (Lipinski definition) is 4. The van der Waals surface area contributed by atoms with Crippen LogP contribution in [0.2, 0.25) is 18.1 Å². The molecule has 0 aliphatic carbocycles. The first-order valence-corrected chi connectivity index (χ1v) is 15.3. The fourth-order valence-electron chi connectivity index (χ4n) is 3.62. The van der Waals surface area contributed by atoms with E-state index in [9.17, 15) is 23.8 Å². The maximum Gasteiger partial charge on any atom is 0.255 e. The first-order valence-electron chi connectivity index (χ1n) is 12.4. The number of aliphatic hydroxyl groups is 1. The molecule has 0 bridgehead atoms. The van der Waals surface area contributed by atoms with Crippen molar-refractivity contribution in [1.29, 1.82) is 0 Å². The highest BCUT2D eigenvalue weighted by Crippen LogP contribution is 2.36. The van der Waals surface area contributed by atoms with Gasteiger partial charge in [0, 0.05) is 12.6 Å². The predicted octanol–water partition coefficient (Wildman–Crippen LogP) is 6.24. The second kappa shape index (κ2) is 11.8. The molecule has 202 valence electrons. The van der Waals surface area contributed by atoms with Crippen LogP contribution in [0.25, 0.3) is 11.1 Å². The van der Waals surface area contributed by atoms with Crippen LogP contribution in [0.15, 0.2) is 30.3 Å². The summed E-state index contributed by atoms with van der Waals surface area (Å²) >= 11 is 0. The summed E-state index contributed by atoms with van der Waals surface area (Å²) in [7, 11) is -1.99. The quantitative estimate of drug-likeness (QED) is 0.214. The lowest BCUT2D eigenvalue weighted by Gasteiger charge is -2.36. The summed E-state index contributed by atoms with van der Waals surface area (Å²) in [4.78, 5) is 13.0. The first-order chi connectivity index (χ1) is 16.9. The van der Waals surface area contributed by atoms with E-state index < -0.39 is 31.5 Å². The maximum atomic E-state index is 13.9. The van der Waals surface area contributed by atoms with Gasteiger partial charge in [-0.2, -0.15) is 0 Å². The van der Waals surface area contributed by atoms with Gasteiger partial charge in [0.15, 0.2) is 8.32 Å². The third kappa shape index (κ3) is 8.66. The van der Waals surface area contributed by atoms with Crippen LogP contribution in [0.4, 0.5) is 8.78 Å². The summed E-state index contributed by atoms with van der Waals surface area (Å²) in [6, 6.07) is 5.83. The lowest BCUT2D eigenvalue weighted by atomic mass is 9.93. The van der Waals surface area contributed by atoms with E-state index in [2.05, 4.69) is 51.0 Å². The molecule has 0 saturated carbocycles. The molecule has 37 heavy (non-hydrogen) atoms. The highest BCUT2D eigenvalue weighted by Gasteiger charge is 2.36. The number of carbonyl (C=O) groups is 1. The van der Waals surface area contributed by atoms with Gasteiger partial charge in [0.1, 0.15) is 23.0 Å². The Morgan fingerprint density at radius 2 is 1.62 bits per heavy atom. The van der Waals surface area contributed by atoms with E-state index in [1.54, 1.807) is 6.92 Å². The third-order valence-corrected chi connectivity index (χ3v) is 11.0. The molecule has 2 aromatic carbocycles. The summed E-state index contributed by atoms with van der Waals surface area (Å²) in [5.74, 6) is 3.18. The third-order valence-electron chi connectivity index (χ3n) is 6.48. The summed E-state index contributed by atoms with van der Waals surface area (Å²) in [5, 5.41) is 24.3. The predicted molar refractivity (Wildman–Crippen MR) is 146 cm³/mol. The van der Waals surface area contributed by atoms with Crippen LogP contribution in [0.3, 0.4) is 0 Å². The standard InChI is InChI=1S/C29H39F2NO4Si/c1-19(2)18-29(6,35)10-9-20-13-21(22-14-23(30)17-24(31)15-22)16-25(26(20)33)27(34)32-11-12-36-37(7,8)28(3,4)5/h13-17,19,33,35H,11-12,18H2,1-8H3,(H,32,34). The zero-order valence-electron chi connectivity index (χ0n) is 23.1. The molecule has 0 spiro atoms. The lowest BCUT2D eigenvalue weighted by molar-refractivity contribution is 0.0942. The highest BCUT2D eigenvalue weighted by molar-refractivity contribution is 6.74. The number of benzene rings is 2. The largest absolute Gasteiger partial charge is 0.506 e. The van der Waals surface area contributed by atoms with Crippen molar-refractivity contribution in [2.75, 3.05) is 13.2 Å². The zero-order chi connectivity index (χ0) is 28.2. The number of hydrogen-bond donors (Lipinski definition) is 3. The minimum atomic E-state index is -1.99. The summed E-state index contributed by atoms with van der Waals surface area (Å²) < 4.78 is 33.9. The SMILES string of the molecule is CC(C)CC(C)(O)C#Cc1cc(-c2cc(F)cc(F)c2)cc(C(=O)NCCO[Si](C)(C)C(C)(C)C)c1O. The molecule has 0 heterocycles. The molecular formula is C29H39F2NO4Si. The zero-order valence-corrected chi connectivity index (χ0v) is 24.1. The molecule has 5 nitrogen and oxygen atoms in total. The molecule has 1 amide bonds. The fraction of sp³-hybridized carbons (Fsp3) is 0.483. The molecule has 2 aromatic rings. The molecule has 0 aliphatic rings. The van der Waals surface area contributed by atoms with Gasteiger partial charge in [0.25, 0.3) is 5.91 Å². The van der Waals surface area contributed by atoms with Crippen LogP contribution in [-0.2, 0) is 4.43 Å². The van der Waals surface area contributed by atoms with Crippen LogP contribution in [-0.4, -0.2) is 43.2 Å². The summed E-state index contributed by atoms with van der Waals surface area (Å²) in [6.07, 6.45) is 0.400. The molecule has 1 unspecified atom stereocenters. The van der Waals surface area contributed by atoms with Gasteiger partial charge in [-0.05, 0) is 72.8 Å². The molecule has 2 rings (SSSR count). The fourth-order valence-corrected chi connectivity index (χ4v) is 4.67. The number of amides is 1. The van der Waals surface area contributed by atoms with Gasteiger partial charge in [-0.3, -0.25) is 4.79 Å². The van der Waals surface area contributed by atoms with Gasteiger partial charge in [-0.1, -0.05) is 46.5 Å². The van der Waals surface area contributed by atoms with Crippen LogP contribution < -0.4 is 5.32 Å². The van der Waals surface area contributed by atoms with Gasteiger partial charge in [-0.25, -0.2) is 8.78 Å². The molecule has 1 atom stereocenters. The van der Waals surface area contributed by atoms with E-state index in [4.69, 9.17) is 4.43 Å². The normalized spacial score (nSPS) is 13.6. The van der Waals surface area contributed by atoms with Crippen molar-refractivity contribution >= 4 is 14.2 Å². The maximum absolute atomic E-state index is 13.9. The smallest absolute Gasteiger partial charge is 0.255 e. The van der Waals surface area contributed by atoms with E-state index in [-0.39, 0.29) is 39.9 Å². The Bertz CT molecular complexity index is 1170. The van der Waals surface area contributed by atoms with E-state index in [1.165, 1.54) is 12.1 Å². The number of carbonyl (C=O) groups excluding carboxylic acids is 1. The Morgan fingerprint density at radius 1 is 1.05 bits per heavy atom. The van der Waals surface area contributed by atoms with E-state index in [1.807, 2.05) is 13.8 Å². The van der Waals surface area contributed by atoms with Gasteiger partial charge in [0.2, 0.25) is 0 Å². The topological polar surface area (TPSA) is 78.8 Å². The number of halogens is 2. The second-order valence-electron chi connectivity index (χ2n) is 11.6. The Labute approximate surface area is 220 Å². The molecular weight excluding hydrogens is 492 g/mol. The van der Waals surface area contributed by atoms with Gasteiger partial charge in [0.05, 0.1) is 17.7 Å². The van der Waals surface area contributed by atoms with Crippen LogP contribution in [0, 0.1) is 29.4 Å².